The average Bonchev–Trinajstić information content (AvgIpc) is 3.13. The van der Waals surface area contributed by atoms with Gasteiger partial charge in [0.1, 0.15) is 0 Å². The van der Waals surface area contributed by atoms with Gasteiger partial charge < -0.3 is 19.7 Å². The number of hydrogen-bond donors (Lipinski definition) is 1. The van der Waals surface area contributed by atoms with Crippen LogP contribution in [0.4, 0.5) is 11.4 Å². The van der Waals surface area contributed by atoms with Crippen LogP contribution in [0.25, 0.3) is 0 Å². The molecule has 0 bridgehead atoms. The van der Waals surface area contributed by atoms with Crippen LogP contribution in [0, 0.1) is 19.8 Å². The predicted molar refractivity (Wildman–Crippen MR) is 114 cm³/mol. The Morgan fingerprint density at radius 3 is 2.32 bits per heavy atom. The molecule has 0 radical (unpaired) electrons. The number of nitrogens with one attached hydrogen (secondary N) is 1. The molecule has 8 nitrogen and oxygen atoms in total. The zero-order chi connectivity index (χ0) is 22.5. The van der Waals surface area contributed by atoms with E-state index in [0.717, 1.165) is 16.8 Å². The van der Waals surface area contributed by atoms with E-state index in [-0.39, 0.29) is 18.9 Å². The Kier molecular flexibility index (Phi) is 6.69. The third-order valence-electron chi connectivity index (χ3n) is 5.10. The van der Waals surface area contributed by atoms with Crippen molar-refractivity contribution in [2.45, 2.75) is 20.3 Å². The van der Waals surface area contributed by atoms with Crippen molar-refractivity contribution >= 4 is 35.1 Å². The minimum Gasteiger partial charge on any atom is -0.465 e. The molecular weight excluding hydrogens is 400 g/mol. The minimum absolute atomic E-state index is 0.0449. The molecule has 162 valence electrons. The van der Waals surface area contributed by atoms with Gasteiger partial charge in [0.2, 0.25) is 5.91 Å². The average molecular weight is 424 g/mol. The maximum Gasteiger partial charge on any atom is 0.337 e. The van der Waals surface area contributed by atoms with Gasteiger partial charge in [0.15, 0.2) is 6.61 Å². The van der Waals surface area contributed by atoms with E-state index in [4.69, 9.17) is 4.74 Å². The zero-order valence-corrected chi connectivity index (χ0v) is 17.6. The fourth-order valence-electron chi connectivity index (χ4n) is 3.57. The van der Waals surface area contributed by atoms with E-state index in [1.807, 2.05) is 32.0 Å². The van der Waals surface area contributed by atoms with Gasteiger partial charge in [-0.3, -0.25) is 14.4 Å². The first-order valence-corrected chi connectivity index (χ1v) is 9.81. The van der Waals surface area contributed by atoms with Gasteiger partial charge in [-0.25, -0.2) is 4.79 Å². The van der Waals surface area contributed by atoms with Crippen LogP contribution in [-0.4, -0.2) is 44.0 Å². The number of para-hydroxylation sites is 1. The van der Waals surface area contributed by atoms with Crippen molar-refractivity contribution < 1.29 is 28.7 Å². The molecule has 1 aliphatic heterocycles. The van der Waals surface area contributed by atoms with Crippen molar-refractivity contribution in [2.75, 3.05) is 30.5 Å². The Balaban J connectivity index is 1.53. The van der Waals surface area contributed by atoms with Crippen molar-refractivity contribution in [3.8, 4) is 0 Å². The molecule has 0 spiro atoms. The number of esters is 2. The van der Waals surface area contributed by atoms with Gasteiger partial charge in [-0.05, 0) is 49.2 Å². The Hall–Kier alpha value is -3.68. The van der Waals surface area contributed by atoms with Crippen molar-refractivity contribution in [3.63, 3.8) is 0 Å². The van der Waals surface area contributed by atoms with Gasteiger partial charge in [0.05, 0.1) is 18.6 Å². The van der Waals surface area contributed by atoms with Crippen molar-refractivity contribution in [1.29, 1.82) is 0 Å². The molecule has 1 heterocycles. The SMILES string of the molecule is COC(=O)c1ccc(NC(=O)COC(=O)[C@@H]2CC(=O)N(c3c(C)cccc3C)C2)cc1. The molecule has 31 heavy (non-hydrogen) atoms. The lowest BCUT2D eigenvalue weighted by Gasteiger charge is -2.21. The predicted octanol–water partition coefficient (Wildman–Crippen LogP) is 2.62. The molecule has 1 N–H and O–H groups in total. The number of rotatable bonds is 6. The van der Waals surface area contributed by atoms with Crippen LogP contribution >= 0.6 is 0 Å². The largest absolute Gasteiger partial charge is 0.465 e. The summed E-state index contributed by atoms with van der Waals surface area (Å²) in [4.78, 5) is 50.0. The second-order valence-corrected chi connectivity index (χ2v) is 7.37. The summed E-state index contributed by atoms with van der Waals surface area (Å²) in [5, 5.41) is 2.58. The molecule has 1 saturated heterocycles. The summed E-state index contributed by atoms with van der Waals surface area (Å²) in [6.07, 6.45) is 0.0449. The standard InChI is InChI=1S/C23H24N2O6/c1-14-5-4-6-15(2)21(14)25-12-17(11-20(25)27)23(29)31-13-19(26)24-18-9-7-16(8-10-18)22(28)30-3/h4-10,17H,11-13H2,1-3H3,(H,24,26)/t17-/m1/s1. The van der Waals surface area contributed by atoms with E-state index >= 15 is 0 Å². The van der Waals surface area contributed by atoms with Crippen LogP contribution < -0.4 is 10.2 Å². The number of benzene rings is 2. The summed E-state index contributed by atoms with van der Waals surface area (Å²) in [6.45, 7) is 3.60. The van der Waals surface area contributed by atoms with Crippen LogP contribution in [0.1, 0.15) is 27.9 Å². The number of ether oxygens (including phenoxy) is 2. The number of hydrogen-bond acceptors (Lipinski definition) is 6. The topological polar surface area (TPSA) is 102 Å². The van der Waals surface area contributed by atoms with E-state index < -0.39 is 30.4 Å². The molecule has 8 heteroatoms. The summed E-state index contributed by atoms with van der Waals surface area (Å²) >= 11 is 0. The van der Waals surface area contributed by atoms with E-state index in [9.17, 15) is 19.2 Å². The molecule has 2 aromatic carbocycles. The third kappa shape index (κ3) is 5.09. The van der Waals surface area contributed by atoms with Gasteiger partial charge in [0.25, 0.3) is 5.91 Å². The Bertz CT molecular complexity index is 995. The van der Waals surface area contributed by atoms with E-state index in [1.54, 1.807) is 17.0 Å². The molecule has 1 aliphatic rings. The Morgan fingerprint density at radius 2 is 1.71 bits per heavy atom. The van der Waals surface area contributed by atoms with Gasteiger partial charge in [0, 0.05) is 24.3 Å². The Morgan fingerprint density at radius 1 is 1.06 bits per heavy atom. The van der Waals surface area contributed by atoms with Gasteiger partial charge in [-0.1, -0.05) is 18.2 Å². The van der Waals surface area contributed by atoms with Crippen LogP contribution in [-0.2, 0) is 23.9 Å². The highest BCUT2D eigenvalue weighted by atomic mass is 16.5. The smallest absolute Gasteiger partial charge is 0.337 e. The van der Waals surface area contributed by atoms with Crippen LogP contribution in [0.15, 0.2) is 42.5 Å². The fourth-order valence-corrected chi connectivity index (χ4v) is 3.57. The maximum atomic E-state index is 12.5. The molecule has 0 aromatic heterocycles. The van der Waals surface area contributed by atoms with Crippen molar-refractivity contribution in [2.24, 2.45) is 5.92 Å². The number of nitrogens with zero attached hydrogens (tertiary/aromatic N) is 1. The van der Waals surface area contributed by atoms with Gasteiger partial charge in [-0.2, -0.15) is 0 Å². The summed E-state index contributed by atoms with van der Waals surface area (Å²) in [7, 11) is 1.28. The second-order valence-electron chi connectivity index (χ2n) is 7.37. The summed E-state index contributed by atoms with van der Waals surface area (Å²) in [5.41, 5.74) is 3.54. The molecule has 0 aliphatic carbocycles. The molecule has 0 saturated carbocycles. The number of aryl methyl sites for hydroxylation is 2. The van der Waals surface area contributed by atoms with Gasteiger partial charge in [-0.15, -0.1) is 0 Å². The molecular formula is C23H24N2O6. The lowest BCUT2D eigenvalue weighted by atomic mass is 10.1. The highest BCUT2D eigenvalue weighted by Crippen LogP contribution is 2.31. The highest BCUT2D eigenvalue weighted by molar-refractivity contribution is 6.01. The van der Waals surface area contributed by atoms with E-state index in [1.165, 1.54) is 19.2 Å². The molecule has 3 rings (SSSR count). The second kappa shape index (κ2) is 9.42. The fraction of sp³-hybridized carbons (Fsp3) is 0.304. The van der Waals surface area contributed by atoms with Gasteiger partial charge >= 0.3 is 11.9 Å². The number of anilines is 2. The summed E-state index contributed by atoms with van der Waals surface area (Å²) < 4.78 is 9.74. The maximum absolute atomic E-state index is 12.5. The molecule has 2 amide bonds. The number of amides is 2. The molecule has 1 atom stereocenters. The van der Waals surface area contributed by atoms with Crippen LogP contribution in [0.5, 0.6) is 0 Å². The molecule has 1 fully saturated rings. The highest BCUT2D eigenvalue weighted by Gasteiger charge is 2.37. The lowest BCUT2D eigenvalue weighted by Crippen LogP contribution is -2.29. The van der Waals surface area contributed by atoms with Crippen molar-refractivity contribution in [1.82, 2.24) is 0 Å². The minimum atomic E-state index is -0.626. The molecule has 2 aromatic rings. The van der Waals surface area contributed by atoms with Crippen molar-refractivity contribution in [3.05, 3.63) is 59.2 Å². The first-order valence-electron chi connectivity index (χ1n) is 9.81. The number of carbonyl (C=O) groups is 4. The first kappa shape index (κ1) is 22.0. The third-order valence-corrected chi connectivity index (χ3v) is 5.10. The number of methoxy groups -OCH3 is 1. The first-order chi connectivity index (χ1) is 14.8. The van der Waals surface area contributed by atoms with E-state index in [0.29, 0.717) is 11.3 Å². The number of carbonyl (C=O) groups excluding carboxylic acids is 4. The van der Waals surface area contributed by atoms with Crippen LogP contribution in [0.2, 0.25) is 0 Å². The van der Waals surface area contributed by atoms with E-state index in [2.05, 4.69) is 10.1 Å². The molecule has 0 unspecified atom stereocenters. The monoisotopic (exact) mass is 424 g/mol. The Labute approximate surface area is 180 Å². The summed E-state index contributed by atoms with van der Waals surface area (Å²) in [6, 6.07) is 11.9. The lowest BCUT2D eigenvalue weighted by molar-refractivity contribution is -0.151. The quantitative estimate of drug-likeness (QED) is 0.716. The summed E-state index contributed by atoms with van der Waals surface area (Å²) in [5.74, 6) is -2.35. The normalized spacial score (nSPS) is 15.5. The van der Waals surface area contributed by atoms with Crippen LogP contribution in [0.3, 0.4) is 0 Å². The zero-order valence-electron chi connectivity index (χ0n) is 17.6.